The number of ether oxygens (including phenoxy) is 3. The van der Waals surface area contributed by atoms with Crippen LogP contribution in [-0.4, -0.2) is 30.2 Å². The zero-order valence-corrected chi connectivity index (χ0v) is 11.3. The molecule has 0 aliphatic carbocycles. The molecule has 1 aromatic heterocycles. The molecule has 4 atom stereocenters. The van der Waals surface area contributed by atoms with Crippen molar-refractivity contribution in [2.45, 2.75) is 30.7 Å². The summed E-state index contributed by atoms with van der Waals surface area (Å²) in [4.78, 5) is 0. The Morgan fingerprint density at radius 2 is 2.05 bits per heavy atom. The van der Waals surface area contributed by atoms with Crippen LogP contribution in [0.4, 0.5) is 0 Å². The van der Waals surface area contributed by atoms with E-state index < -0.39 is 11.9 Å². The van der Waals surface area contributed by atoms with Gasteiger partial charge in [-0.25, -0.2) is 0 Å². The summed E-state index contributed by atoms with van der Waals surface area (Å²) in [6, 6.07) is 13.3. The van der Waals surface area contributed by atoms with E-state index in [9.17, 15) is 5.11 Å². The zero-order valence-electron chi connectivity index (χ0n) is 11.3. The topological polar surface area (TPSA) is 64.4 Å². The quantitative estimate of drug-likeness (QED) is 0.869. The molecule has 0 amide bonds. The lowest BCUT2D eigenvalue weighted by Gasteiger charge is -2.31. The predicted octanol–water partition coefficient (Wildman–Crippen LogP) is 1.81. The van der Waals surface area contributed by atoms with Crippen molar-refractivity contribution in [1.82, 2.24) is 0 Å². The van der Waals surface area contributed by atoms with Crippen molar-refractivity contribution in [3.63, 3.8) is 0 Å². The van der Waals surface area contributed by atoms with E-state index in [1.807, 2.05) is 30.3 Å². The van der Waals surface area contributed by atoms with Gasteiger partial charge in [0, 0.05) is 0 Å². The Kier molecular flexibility index (Phi) is 3.08. The summed E-state index contributed by atoms with van der Waals surface area (Å²) in [5, 5.41) is 10.6. The highest BCUT2D eigenvalue weighted by Crippen LogP contribution is 2.46. The van der Waals surface area contributed by atoms with E-state index in [1.165, 1.54) is 6.26 Å². The fourth-order valence-corrected chi connectivity index (χ4v) is 2.73. The molecule has 5 nitrogen and oxygen atoms in total. The molecule has 2 aliphatic rings. The number of hydrogen-bond acceptors (Lipinski definition) is 5. The maximum absolute atomic E-state index is 10.6. The smallest absolute Gasteiger partial charge is 0.186 e. The highest BCUT2D eigenvalue weighted by molar-refractivity contribution is 5.19. The molecule has 110 valence electrons. The van der Waals surface area contributed by atoms with Gasteiger partial charge in [0.2, 0.25) is 0 Å². The second-order valence-corrected chi connectivity index (χ2v) is 5.40. The summed E-state index contributed by atoms with van der Waals surface area (Å²) in [6.45, 7) is 0.554. The second-order valence-electron chi connectivity index (χ2n) is 5.40. The first kappa shape index (κ1) is 13.0. The Labute approximate surface area is 122 Å². The molecule has 1 unspecified atom stereocenters. The lowest BCUT2D eigenvalue weighted by molar-refractivity contribution is -0.209. The van der Waals surface area contributed by atoms with Crippen LogP contribution in [0.5, 0.6) is 0 Å². The predicted molar refractivity (Wildman–Crippen MR) is 72.2 cm³/mol. The van der Waals surface area contributed by atoms with E-state index >= 15 is 0 Å². The lowest BCUT2D eigenvalue weighted by atomic mass is 9.93. The second kappa shape index (κ2) is 4.96. The van der Waals surface area contributed by atoms with E-state index in [0.29, 0.717) is 12.4 Å². The normalized spacial score (nSPS) is 34.4. The summed E-state index contributed by atoms with van der Waals surface area (Å²) in [6.07, 6.45) is 0.490. The minimum Gasteiger partial charge on any atom is -0.466 e. The largest absolute Gasteiger partial charge is 0.466 e. The van der Waals surface area contributed by atoms with Crippen molar-refractivity contribution in [3.05, 3.63) is 60.1 Å². The number of furan rings is 1. The van der Waals surface area contributed by atoms with Gasteiger partial charge in [-0.1, -0.05) is 30.3 Å². The summed E-state index contributed by atoms with van der Waals surface area (Å²) >= 11 is 0. The number of fused-ring (bicyclic) bond motifs is 1. The molecular weight excluding hydrogens is 272 g/mol. The molecule has 1 N–H and O–H groups in total. The molecule has 0 bridgehead atoms. The lowest BCUT2D eigenvalue weighted by Crippen LogP contribution is -2.47. The highest BCUT2D eigenvalue weighted by Gasteiger charge is 2.64. The van der Waals surface area contributed by atoms with Gasteiger partial charge in [0.05, 0.1) is 19.5 Å². The summed E-state index contributed by atoms with van der Waals surface area (Å²) in [5.74, 6) is 0.469. The fraction of sp³-hybridized carbons (Fsp3) is 0.375. The van der Waals surface area contributed by atoms with E-state index in [2.05, 4.69) is 0 Å². The van der Waals surface area contributed by atoms with Gasteiger partial charge < -0.3 is 23.7 Å². The minimum atomic E-state index is -1.22. The van der Waals surface area contributed by atoms with E-state index in [0.717, 1.165) is 5.56 Å². The number of rotatable bonds is 4. The average Bonchev–Trinajstić information content (AvgIpc) is 3.14. The summed E-state index contributed by atoms with van der Waals surface area (Å²) < 4.78 is 22.2. The molecule has 21 heavy (non-hydrogen) atoms. The first-order valence-electron chi connectivity index (χ1n) is 6.96. The molecule has 2 aromatic rings. The van der Waals surface area contributed by atoms with Gasteiger partial charge in [-0.15, -0.1) is 0 Å². The molecule has 5 heteroatoms. The molecule has 2 fully saturated rings. The third-order valence-corrected chi connectivity index (χ3v) is 3.94. The molecule has 2 aliphatic heterocycles. The molecule has 2 saturated heterocycles. The molecular formula is C16H16O5. The Morgan fingerprint density at radius 3 is 2.81 bits per heavy atom. The van der Waals surface area contributed by atoms with Crippen LogP contribution in [0.15, 0.2) is 53.1 Å². The SMILES string of the molecule is OC1(c2ccco2)CO[C@H](OCc2ccccc2)[C@H]2O[C@H]21. The molecule has 0 radical (unpaired) electrons. The third kappa shape index (κ3) is 2.28. The standard InChI is InChI=1S/C16H16O5/c17-16(12-7-4-8-18-12)10-20-15(13-14(16)21-13)19-9-11-5-2-1-3-6-11/h1-8,13-15,17H,9-10H2/t13-,14+,15-,16?/m0/s1. The van der Waals surface area contributed by atoms with Crippen LogP contribution in [-0.2, 0) is 26.4 Å². The minimum absolute atomic E-state index is 0.0983. The maximum Gasteiger partial charge on any atom is 0.186 e. The maximum atomic E-state index is 10.6. The van der Waals surface area contributed by atoms with Crippen molar-refractivity contribution >= 4 is 0 Å². The van der Waals surface area contributed by atoms with Gasteiger partial charge in [0.25, 0.3) is 0 Å². The van der Waals surface area contributed by atoms with Gasteiger partial charge in [-0.05, 0) is 17.7 Å². The molecule has 0 spiro atoms. The number of epoxide rings is 1. The molecule has 3 heterocycles. The monoisotopic (exact) mass is 288 g/mol. The van der Waals surface area contributed by atoms with Crippen LogP contribution in [0.2, 0.25) is 0 Å². The van der Waals surface area contributed by atoms with Gasteiger partial charge >= 0.3 is 0 Å². The van der Waals surface area contributed by atoms with Crippen molar-refractivity contribution in [1.29, 1.82) is 0 Å². The van der Waals surface area contributed by atoms with E-state index in [1.54, 1.807) is 12.1 Å². The summed E-state index contributed by atoms with van der Waals surface area (Å²) in [5.41, 5.74) is -0.147. The fourth-order valence-electron chi connectivity index (χ4n) is 2.73. The van der Waals surface area contributed by atoms with Crippen molar-refractivity contribution in [3.8, 4) is 0 Å². The van der Waals surface area contributed by atoms with Gasteiger partial charge in [-0.3, -0.25) is 0 Å². The Bertz CT molecular complexity index is 596. The first-order chi connectivity index (χ1) is 10.3. The van der Waals surface area contributed by atoms with Crippen molar-refractivity contribution in [2.24, 2.45) is 0 Å². The average molecular weight is 288 g/mol. The number of benzene rings is 1. The number of hydrogen-bond donors (Lipinski definition) is 1. The third-order valence-electron chi connectivity index (χ3n) is 3.94. The van der Waals surface area contributed by atoms with Crippen LogP contribution in [0.3, 0.4) is 0 Å². The highest BCUT2D eigenvalue weighted by atomic mass is 16.7. The first-order valence-corrected chi connectivity index (χ1v) is 6.96. The van der Waals surface area contributed by atoms with Gasteiger partial charge in [-0.2, -0.15) is 0 Å². The van der Waals surface area contributed by atoms with Gasteiger partial charge in [0.1, 0.15) is 18.0 Å². The van der Waals surface area contributed by atoms with Crippen LogP contribution in [0.1, 0.15) is 11.3 Å². The van der Waals surface area contributed by atoms with E-state index in [4.69, 9.17) is 18.6 Å². The zero-order chi connectivity index (χ0) is 14.3. The molecule has 4 rings (SSSR count). The Hall–Kier alpha value is -1.66. The Balaban J connectivity index is 1.40. The Morgan fingerprint density at radius 1 is 1.19 bits per heavy atom. The van der Waals surface area contributed by atoms with Crippen LogP contribution < -0.4 is 0 Å². The van der Waals surface area contributed by atoms with Crippen LogP contribution in [0, 0.1) is 0 Å². The van der Waals surface area contributed by atoms with Gasteiger partial charge in [0.15, 0.2) is 11.9 Å². The molecule has 1 aromatic carbocycles. The number of aliphatic hydroxyl groups is 1. The van der Waals surface area contributed by atoms with E-state index in [-0.39, 0.29) is 18.8 Å². The van der Waals surface area contributed by atoms with Crippen molar-refractivity contribution in [2.75, 3.05) is 6.61 Å². The van der Waals surface area contributed by atoms with Crippen LogP contribution >= 0.6 is 0 Å². The van der Waals surface area contributed by atoms with Crippen LogP contribution in [0.25, 0.3) is 0 Å². The van der Waals surface area contributed by atoms with Crippen molar-refractivity contribution < 1.29 is 23.7 Å². The summed E-state index contributed by atoms with van der Waals surface area (Å²) in [7, 11) is 0. The molecule has 0 saturated carbocycles.